The van der Waals surface area contributed by atoms with E-state index in [4.69, 9.17) is 11.6 Å². The maximum Gasteiger partial charge on any atom is 0.416 e. The van der Waals surface area contributed by atoms with Crippen LogP contribution in [0, 0.1) is 11.3 Å². The van der Waals surface area contributed by atoms with Gasteiger partial charge in [0.1, 0.15) is 6.10 Å². The Morgan fingerprint density at radius 2 is 1.86 bits per heavy atom. The minimum Gasteiger partial charge on any atom is -0.385 e. The monoisotopic (exact) mass is 532 g/mol. The van der Waals surface area contributed by atoms with E-state index in [1.807, 2.05) is 6.07 Å². The Bertz CT molecular complexity index is 1520. The number of halogens is 4. The number of aliphatic hydroxyl groups is 2. The van der Waals surface area contributed by atoms with E-state index in [1.54, 1.807) is 30.3 Å². The third-order valence-corrected chi connectivity index (χ3v) is 5.77. The molecule has 1 unspecified atom stereocenters. The van der Waals surface area contributed by atoms with Gasteiger partial charge in [-0.1, -0.05) is 29.8 Å². The standard InChI is InChI=1S/C24H20ClF3N6O3/c1-14(35)22-30-21(34(31-22)18-4-2-3-15(9-18)10-29)13-32-11-19(16-5-7-17(25)8-6-16)33(23(32)37)12-20(36)24(26,27)28/h2-9,11,14,20,35-36H,12-13H2,1H3/t14-,20?/m0/s1. The van der Waals surface area contributed by atoms with E-state index in [0.29, 0.717) is 21.8 Å². The number of imidazole rings is 1. The maximum atomic E-state index is 13.3. The summed E-state index contributed by atoms with van der Waals surface area (Å²) in [6.45, 7) is 0.198. The molecule has 0 amide bonds. The summed E-state index contributed by atoms with van der Waals surface area (Å²) in [5.41, 5.74) is 0.478. The molecule has 0 saturated carbocycles. The van der Waals surface area contributed by atoms with Crippen molar-refractivity contribution >= 4 is 11.6 Å². The number of aliphatic hydroxyl groups excluding tert-OH is 2. The summed E-state index contributed by atoms with van der Waals surface area (Å²) < 4.78 is 42.7. The van der Waals surface area contributed by atoms with Crippen molar-refractivity contribution in [3.8, 4) is 23.0 Å². The molecule has 2 aromatic heterocycles. The molecule has 4 rings (SSSR count). The first kappa shape index (κ1) is 26.2. The minimum absolute atomic E-state index is 0.0512. The number of benzene rings is 2. The van der Waals surface area contributed by atoms with E-state index in [9.17, 15) is 33.4 Å². The highest BCUT2D eigenvalue weighted by molar-refractivity contribution is 6.30. The van der Waals surface area contributed by atoms with Crippen LogP contribution in [0.5, 0.6) is 0 Å². The molecular weight excluding hydrogens is 513 g/mol. The number of rotatable bonds is 7. The van der Waals surface area contributed by atoms with Crippen molar-refractivity contribution in [2.45, 2.75) is 38.4 Å². The van der Waals surface area contributed by atoms with Crippen molar-refractivity contribution < 1.29 is 23.4 Å². The second-order valence-electron chi connectivity index (χ2n) is 8.24. The van der Waals surface area contributed by atoms with Gasteiger partial charge in [-0.15, -0.1) is 5.10 Å². The number of alkyl halides is 3. The van der Waals surface area contributed by atoms with Crippen molar-refractivity contribution in [2.75, 3.05) is 0 Å². The van der Waals surface area contributed by atoms with Crippen LogP contribution < -0.4 is 5.69 Å². The van der Waals surface area contributed by atoms with Crippen LogP contribution in [0.3, 0.4) is 0 Å². The van der Waals surface area contributed by atoms with Crippen LogP contribution in [0.4, 0.5) is 13.2 Å². The van der Waals surface area contributed by atoms with Crippen LogP contribution in [0.2, 0.25) is 5.02 Å². The second-order valence-corrected chi connectivity index (χ2v) is 8.67. The molecule has 13 heteroatoms. The summed E-state index contributed by atoms with van der Waals surface area (Å²) in [4.78, 5) is 17.6. The third kappa shape index (κ3) is 5.59. The Balaban J connectivity index is 1.82. The summed E-state index contributed by atoms with van der Waals surface area (Å²) in [6.07, 6.45) is -7.41. The number of hydrogen-bond donors (Lipinski definition) is 2. The third-order valence-electron chi connectivity index (χ3n) is 5.51. The second kappa shape index (κ2) is 10.2. The molecule has 0 radical (unpaired) electrons. The fraction of sp³-hybridized carbons (Fsp3) is 0.250. The van der Waals surface area contributed by atoms with Crippen molar-refractivity contribution in [3.05, 3.63) is 87.4 Å². The highest BCUT2D eigenvalue weighted by atomic mass is 35.5. The molecule has 0 bridgehead atoms. The van der Waals surface area contributed by atoms with Crippen LogP contribution >= 0.6 is 11.6 Å². The fourth-order valence-corrected chi connectivity index (χ4v) is 3.78. The van der Waals surface area contributed by atoms with E-state index in [-0.39, 0.29) is 23.9 Å². The zero-order valence-electron chi connectivity index (χ0n) is 19.3. The molecule has 0 fully saturated rings. The Morgan fingerprint density at radius 1 is 1.16 bits per heavy atom. The topological polar surface area (TPSA) is 122 Å². The maximum absolute atomic E-state index is 13.3. The Labute approximate surface area is 213 Å². The molecule has 192 valence electrons. The number of nitrogens with zero attached hydrogens (tertiary/aromatic N) is 6. The molecule has 4 aromatic rings. The van der Waals surface area contributed by atoms with Crippen molar-refractivity contribution in [1.29, 1.82) is 5.26 Å². The number of nitriles is 1. The lowest BCUT2D eigenvalue weighted by atomic mass is 10.1. The molecule has 0 aliphatic carbocycles. The average molecular weight is 533 g/mol. The smallest absolute Gasteiger partial charge is 0.385 e. The average Bonchev–Trinajstić information content (AvgIpc) is 3.41. The van der Waals surface area contributed by atoms with E-state index in [1.165, 1.54) is 36.0 Å². The van der Waals surface area contributed by atoms with Gasteiger partial charge in [0, 0.05) is 11.2 Å². The van der Waals surface area contributed by atoms with Crippen LogP contribution in [-0.2, 0) is 13.1 Å². The lowest BCUT2D eigenvalue weighted by Crippen LogP contribution is -2.37. The van der Waals surface area contributed by atoms with Gasteiger partial charge in [0.05, 0.1) is 36.1 Å². The van der Waals surface area contributed by atoms with Crippen LogP contribution in [-0.4, -0.2) is 46.4 Å². The fourth-order valence-electron chi connectivity index (χ4n) is 3.66. The van der Waals surface area contributed by atoms with E-state index >= 15 is 0 Å². The Kier molecular flexibility index (Phi) is 7.22. The number of aromatic nitrogens is 5. The van der Waals surface area contributed by atoms with E-state index in [2.05, 4.69) is 10.1 Å². The summed E-state index contributed by atoms with van der Waals surface area (Å²) >= 11 is 5.93. The zero-order valence-corrected chi connectivity index (χ0v) is 20.0. The van der Waals surface area contributed by atoms with Gasteiger partial charge in [0.25, 0.3) is 0 Å². The summed E-state index contributed by atoms with van der Waals surface area (Å²) in [5, 5.41) is 33.6. The molecule has 9 nitrogen and oxygen atoms in total. The first-order chi connectivity index (χ1) is 17.5. The summed E-state index contributed by atoms with van der Waals surface area (Å²) in [6, 6.07) is 14.5. The van der Waals surface area contributed by atoms with Crippen LogP contribution in [0.15, 0.2) is 59.5 Å². The van der Waals surface area contributed by atoms with Gasteiger partial charge in [-0.3, -0.25) is 9.13 Å². The highest BCUT2D eigenvalue weighted by Crippen LogP contribution is 2.25. The van der Waals surface area contributed by atoms with Gasteiger partial charge in [0.2, 0.25) is 0 Å². The van der Waals surface area contributed by atoms with Gasteiger partial charge < -0.3 is 10.2 Å². The molecule has 2 heterocycles. The van der Waals surface area contributed by atoms with Gasteiger partial charge in [-0.2, -0.15) is 18.4 Å². The molecule has 0 saturated heterocycles. The molecule has 2 N–H and O–H groups in total. The normalized spacial score (nSPS) is 13.4. The summed E-state index contributed by atoms with van der Waals surface area (Å²) in [5.74, 6) is 0.236. The minimum atomic E-state index is -4.93. The SMILES string of the molecule is C[C@H](O)c1nc(Cn2cc(-c3ccc(Cl)cc3)n(CC(O)C(F)(F)F)c2=O)n(-c2cccc(C#N)c2)n1. The van der Waals surface area contributed by atoms with E-state index < -0.39 is 30.6 Å². The van der Waals surface area contributed by atoms with Gasteiger partial charge >= 0.3 is 11.9 Å². The predicted octanol–water partition coefficient (Wildman–Crippen LogP) is 3.45. The quantitative estimate of drug-likeness (QED) is 0.376. The lowest BCUT2D eigenvalue weighted by Gasteiger charge is -2.16. The number of hydrogen-bond acceptors (Lipinski definition) is 6. The zero-order chi connectivity index (χ0) is 26.9. The largest absolute Gasteiger partial charge is 0.416 e. The molecule has 0 aliphatic rings. The Hall–Kier alpha value is -3.92. The van der Waals surface area contributed by atoms with Crippen molar-refractivity contribution in [1.82, 2.24) is 23.9 Å². The van der Waals surface area contributed by atoms with Gasteiger partial charge in [-0.25, -0.2) is 14.5 Å². The first-order valence-corrected chi connectivity index (χ1v) is 11.3. The molecule has 2 atom stereocenters. The van der Waals surface area contributed by atoms with Crippen molar-refractivity contribution in [2.24, 2.45) is 0 Å². The van der Waals surface area contributed by atoms with Gasteiger partial charge in [-0.05, 0) is 42.8 Å². The highest BCUT2D eigenvalue weighted by Gasteiger charge is 2.39. The van der Waals surface area contributed by atoms with Crippen molar-refractivity contribution in [3.63, 3.8) is 0 Å². The predicted molar refractivity (Wildman–Crippen MR) is 127 cm³/mol. The first-order valence-electron chi connectivity index (χ1n) is 10.9. The van der Waals surface area contributed by atoms with Crippen LogP contribution in [0.1, 0.15) is 30.2 Å². The molecule has 37 heavy (non-hydrogen) atoms. The molecular formula is C24H20ClF3N6O3. The van der Waals surface area contributed by atoms with E-state index in [0.717, 1.165) is 9.13 Å². The molecule has 0 spiro atoms. The lowest BCUT2D eigenvalue weighted by molar-refractivity contribution is -0.207. The summed E-state index contributed by atoms with van der Waals surface area (Å²) in [7, 11) is 0. The van der Waals surface area contributed by atoms with Gasteiger partial charge in [0.15, 0.2) is 17.8 Å². The molecule has 2 aromatic carbocycles. The Morgan fingerprint density at radius 3 is 2.49 bits per heavy atom. The van der Waals surface area contributed by atoms with Crippen LogP contribution in [0.25, 0.3) is 16.9 Å². The molecule has 0 aliphatic heterocycles.